The summed E-state index contributed by atoms with van der Waals surface area (Å²) in [6.45, 7) is 1.82. The van der Waals surface area contributed by atoms with Gasteiger partial charge in [0.1, 0.15) is 5.75 Å². The highest BCUT2D eigenvalue weighted by Crippen LogP contribution is 2.25. The molecule has 0 saturated heterocycles. The van der Waals surface area contributed by atoms with Crippen LogP contribution in [-0.4, -0.2) is 21.7 Å². The third kappa shape index (κ3) is 3.62. The van der Waals surface area contributed by atoms with Gasteiger partial charge >= 0.3 is 5.97 Å². The number of ketones is 1. The van der Waals surface area contributed by atoms with Gasteiger partial charge in [0.25, 0.3) is 0 Å². The van der Waals surface area contributed by atoms with Crippen LogP contribution < -0.4 is 4.74 Å². The number of nitrogens with one attached hydrogen (secondary N) is 2. The van der Waals surface area contributed by atoms with Crippen LogP contribution in [0.2, 0.25) is 0 Å². The fourth-order valence-electron chi connectivity index (χ4n) is 3.72. The van der Waals surface area contributed by atoms with Crippen molar-refractivity contribution in [2.24, 2.45) is 0 Å². The molecule has 0 radical (unpaired) electrons. The zero-order valence-electron chi connectivity index (χ0n) is 16.9. The first-order valence-corrected chi connectivity index (χ1v) is 10.1. The fraction of sp³-hybridized carbons (Fsp3) is 0.0769. The number of ether oxygens (including phenoxy) is 1. The van der Waals surface area contributed by atoms with Crippen molar-refractivity contribution in [3.05, 3.63) is 102 Å². The Morgan fingerprint density at radius 3 is 2.13 bits per heavy atom. The van der Waals surface area contributed by atoms with Crippen LogP contribution in [0.4, 0.5) is 0 Å². The number of H-pyrrole nitrogens is 2. The molecular weight excluding hydrogens is 388 g/mol. The predicted molar refractivity (Wildman–Crippen MR) is 121 cm³/mol. The summed E-state index contributed by atoms with van der Waals surface area (Å²) in [5.41, 5.74) is 3.62. The predicted octanol–water partition coefficient (Wildman–Crippen LogP) is 5.59. The van der Waals surface area contributed by atoms with Crippen LogP contribution >= 0.6 is 0 Å². The van der Waals surface area contributed by atoms with Gasteiger partial charge in [-0.1, -0.05) is 48.5 Å². The summed E-state index contributed by atoms with van der Waals surface area (Å²) >= 11 is 0. The van der Waals surface area contributed by atoms with E-state index in [2.05, 4.69) is 9.97 Å². The molecule has 5 nitrogen and oxygen atoms in total. The van der Waals surface area contributed by atoms with Crippen molar-refractivity contribution in [1.29, 1.82) is 0 Å². The number of esters is 1. The van der Waals surface area contributed by atoms with Crippen molar-refractivity contribution < 1.29 is 14.3 Å². The largest absolute Gasteiger partial charge is 0.426 e. The minimum Gasteiger partial charge on any atom is -0.426 e. The maximum atomic E-state index is 12.9. The summed E-state index contributed by atoms with van der Waals surface area (Å²) in [5.74, 6) is -0.370. The van der Waals surface area contributed by atoms with Crippen LogP contribution in [0.15, 0.2) is 84.9 Å². The summed E-state index contributed by atoms with van der Waals surface area (Å²) in [7, 11) is 0. The molecule has 0 aliphatic rings. The highest BCUT2D eigenvalue weighted by Gasteiger charge is 2.18. The molecule has 0 fully saturated rings. The topological polar surface area (TPSA) is 75.0 Å². The van der Waals surface area contributed by atoms with Crippen LogP contribution in [0.3, 0.4) is 0 Å². The van der Waals surface area contributed by atoms with Crippen molar-refractivity contribution in [3.8, 4) is 5.75 Å². The van der Waals surface area contributed by atoms with Gasteiger partial charge in [0.2, 0.25) is 5.78 Å². The van der Waals surface area contributed by atoms with E-state index in [1.807, 2.05) is 73.7 Å². The lowest BCUT2D eigenvalue weighted by molar-refractivity contribution is -0.135. The molecule has 3 aromatic carbocycles. The Balaban J connectivity index is 1.38. The molecule has 0 aliphatic heterocycles. The number of fused-ring (bicyclic) bond motifs is 2. The zero-order chi connectivity index (χ0) is 21.4. The minimum atomic E-state index is -0.373. The van der Waals surface area contributed by atoms with Crippen molar-refractivity contribution in [3.63, 3.8) is 0 Å². The number of hydrogen-bond donors (Lipinski definition) is 2. The maximum Gasteiger partial charge on any atom is 0.318 e. The average Bonchev–Trinajstić information content (AvgIpc) is 3.42. The Hall–Kier alpha value is -4.12. The number of rotatable bonds is 5. The molecule has 2 N–H and O–H groups in total. The molecular formula is C26H20N2O3. The quantitative estimate of drug-likeness (QED) is 0.226. The molecule has 0 aliphatic carbocycles. The SMILES string of the molecule is CC(C(=O)Oc1ccc2[nH]c(C(=O)c3cc4ccccc4[nH]3)cc2c1)c1ccccc1. The van der Waals surface area contributed by atoms with Crippen LogP contribution in [0.5, 0.6) is 5.75 Å². The summed E-state index contributed by atoms with van der Waals surface area (Å²) < 4.78 is 5.59. The van der Waals surface area contributed by atoms with Gasteiger partial charge in [-0.15, -0.1) is 0 Å². The van der Waals surface area contributed by atoms with Crippen molar-refractivity contribution in [2.45, 2.75) is 12.8 Å². The smallest absolute Gasteiger partial charge is 0.318 e. The van der Waals surface area contributed by atoms with Gasteiger partial charge in [-0.25, -0.2) is 0 Å². The lowest BCUT2D eigenvalue weighted by Crippen LogP contribution is -2.16. The average molecular weight is 408 g/mol. The molecule has 0 bridgehead atoms. The standard InChI is InChI=1S/C26H20N2O3/c1-16(17-7-3-2-4-8-17)26(30)31-20-11-12-22-19(13-20)15-24(28-22)25(29)23-14-18-9-5-6-10-21(18)27-23/h2-16,27-28H,1H3. The molecule has 31 heavy (non-hydrogen) atoms. The molecule has 0 amide bonds. The van der Waals surface area contributed by atoms with Gasteiger partial charge in [0.05, 0.1) is 17.3 Å². The Bertz CT molecular complexity index is 1380. The molecule has 5 rings (SSSR count). The number of benzene rings is 3. The van der Waals surface area contributed by atoms with Crippen molar-refractivity contribution in [1.82, 2.24) is 9.97 Å². The number of aromatic amines is 2. The molecule has 152 valence electrons. The first kappa shape index (κ1) is 18.9. The summed E-state index contributed by atoms with van der Waals surface area (Å²) in [4.78, 5) is 31.8. The van der Waals surface area contributed by atoms with Gasteiger partial charge in [-0.2, -0.15) is 0 Å². The molecule has 2 aromatic heterocycles. The molecule has 0 spiro atoms. The third-order valence-electron chi connectivity index (χ3n) is 5.48. The normalized spacial score (nSPS) is 12.2. The highest BCUT2D eigenvalue weighted by molar-refractivity contribution is 6.11. The molecule has 2 heterocycles. The molecule has 1 unspecified atom stereocenters. The Labute approximate surface area is 178 Å². The third-order valence-corrected chi connectivity index (χ3v) is 5.48. The Kier molecular flexibility index (Phi) is 4.64. The maximum absolute atomic E-state index is 12.9. The summed E-state index contributed by atoms with van der Waals surface area (Å²) in [5, 5.41) is 1.79. The first-order chi connectivity index (χ1) is 15.1. The van der Waals surface area contributed by atoms with Crippen molar-refractivity contribution >= 4 is 33.6 Å². The van der Waals surface area contributed by atoms with Gasteiger partial charge in [-0.05, 0) is 48.9 Å². The zero-order valence-corrected chi connectivity index (χ0v) is 16.9. The number of hydrogen-bond acceptors (Lipinski definition) is 3. The summed E-state index contributed by atoms with van der Waals surface area (Å²) in [6, 6.07) is 26.2. The van der Waals surface area contributed by atoms with Crippen LogP contribution in [0.25, 0.3) is 21.8 Å². The second kappa shape index (κ2) is 7.61. The van der Waals surface area contributed by atoms with E-state index in [0.717, 1.165) is 27.4 Å². The van der Waals surface area contributed by atoms with Gasteiger partial charge in [-0.3, -0.25) is 9.59 Å². The highest BCUT2D eigenvalue weighted by atomic mass is 16.5. The molecule has 5 heteroatoms. The van der Waals surface area contributed by atoms with Gasteiger partial charge in [0.15, 0.2) is 0 Å². The molecule has 5 aromatic rings. The van der Waals surface area contributed by atoms with Crippen molar-refractivity contribution in [2.75, 3.05) is 0 Å². The monoisotopic (exact) mass is 408 g/mol. The van der Waals surface area contributed by atoms with E-state index in [9.17, 15) is 9.59 Å². The number of aromatic nitrogens is 2. The second-order valence-electron chi connectivity index (χ2n) is 7.58. The number of carbonyl (C=O) groups excluding carboxylic acids is 2. The summed E-state index contributed by atoms with van der Waals surface area (Å²) in [6.07, 6.45) is 0. The van der Waals surface area contributed by atoms with Crippen LogP contribution in [0, 0.1) is 0 Å². The first-order valence-electron chi connectivity index (χ1n) is 10.1. The Morgan fingerprint density at radius 1 is 0.742 bits per heavy atom. The lowest BCUT2D eigenvalue weighted by atomic mass is 10.0. The van der Waals surface area contributed by atoms with Crippen LogP contribution in [-0.2, 0) is 4.79 Å². The minimum absolute atomic E-state index is 0.122. The van der Waals surface area contributed by atoms with E-state index in [1.54, 1.807) is 18.2 Å². The van der Waals surface area contributed by atoms with E-state index >= 15 is 0 Å². The van der Waals surface area contributed by atoms with E-state index < -0.39 is 0 Å². The van der Waals surface area contributed by atoms with E-state index in [-0.39, 0.29) is 17.7 Å². The molecule has 0 saturated carbocycles. The van der Waals surface area contributed by atoms with Gasteiger partial charge in [0, 0.05) is 21.8 Å². The number of para-hydroxylation sites is 1. The number of carbonyl (C=O) groups is 2. The Morgan fingerprint density at radius 2 is 1.39 bits per heavy atom. The second-order valence-corrected chi connectivity index (χ2v) is 7.58. The van der Waals surface area contributed by atoms with E-state index in [0.29, 0.717) is 17.1 Å². The molecule has 1 atom stereocenters. The van der Waals surface area contributed by atoms with Gasteiger partial charge < -0.3 is 14.7 Å². The lowest BCUT2D eigenvalue weighted by Gasteiger charge is -2.11. The fourth-order valence-corrected chi connectivity index (χ4v) is 3.72. The van der Waals surface area contributed by atoms with Crippen LogP contribution in [0.1, 0.15) is 34.6 Å². The van der Waals surface area contributed by atoms with E-state index in [1.165, 1.54) is 0 Å². The van der Waals surface area contributed by atoms with E-state index in [4.69, 9.17) is 4.74 Å².